The highest BCUT2D eigenvalue weighted by molar-refractivity contribution is 9.11. The first kappa shape index (κ1) is 11.0. The quantitative estimate of drug-likeness (QED) is 0.781. The number of anilines is 1. The van der Waals surface area contributed by atoms with Crippen molar-refractivity contribution >= 4 is 55.1 Å². The van der Waals surface area contributed by atoms with Crippen LogP contribution in [0.4, 0.5) is 5.69 Å². The Balaban J connectivity index is 3.08. The van der Waals surface area contributed by atoms with Crippen LogP contribution < -0.4 is 5.32 Å². The molecule has 0 heterocycles. The monoisotopic (exact) mass is 325 g/mol. The summed E-state index contributed by atoms with van der Waals surface area (Å²) in [5.41, 5.74) is 0.667. The molecule has 13 heavy (non-hydrogen) atoms. The molecule has 1 aromatic carbocycles. The molecule has 5 heteroatoms. The fourth-order valence-corrected chi connectivity index (χ4v) is 2.06. The minimum atomic E-state index is -0.126. The second-order valence-electron chi connectivity index (χ2n) is 2.43. The summed E-state index contributed by atoms with van der Waals surface area (Å²) in [5, 5.41) is 3.21. The number of hydrogen-bond donors (Lipinski definition) is 1. The van der Waals surface area contributed by atoms with Gasteiger partial charge in [-0.05, 0) is 44.0 Å². The van der Waals surface area contributed by atoms with Crippen LogP contribution in [0, 0.1) is 0 Å². The molecule has 0 aliphatic heterocycles. The van der Waals surface area contributed by atoms with Crippen LogP contribution in [-0.2, 0) is 4.79 Å². The average molecular weight is 327 g/mol. The molecule has 0 unspecified atom stereocenters. The summed E-state index contributed by atoms with van der Waals surface area (Å²) in [7, 11) is 0. The molecule has 0 spiro atoms. The van der Waals surface area contributed by atoms with E-state index in [2.05, 4.69) is 37.2 Å². The van der Waals surface area contributed by atoms with Crippen molar-refractivity contribution < 1.29 is 4.79 Å². The minimum absolute atomic E-state index is 0.126. The third-order valence-corrected chi connectivity index (χ3v) is 3.17. The highest BCUT2D eigenvalue weighted by Crippen LogP contribution is 2.32. The standard InChI is InChI=1S/C8H6Br2ClNO/c1-4(13)12-8-3-7(11)5(9)2-6(8)10/h2-3H,1H3,(H,12,13). The van der Waals surface area contributed by atoms with Crippen molar-refractivity contribution in [2.45, 2.75) is 6.92 Å². The maximum Gasteiger partial charge on any atom is 0.221 e. The molecule has 1 N–H and O–H groups in total. The molecular weight excluding hydrogens is 321 g/mol. The summed E-state index contributed by atoms with van der Waals surface area (Å²) in [6, 6.07) is 3.46. The van der Waals surface area contributed by atoms with Crippen molar-refractivity contribution in [3.63, 3.8) is 0 Å². The van der Waals surface area contributed by atoms with Gasteiger partial charge in [-0.3, -0.25) is 4.79 Å². The lowest BCUT2D eigenvalue weighted by Gasteiger charge is -2.06. The third-order valence-electron chi connectivity index (χ3n) is 1.32. The Morgan fingerprint density at radius 2 is 2.00 bits per heavy atom. The van der Waals surface area contributed by atoms with E-state index in [1.54, 1.807) is 12.1 Å². The van der Waals surface area contributed by atoms with Crippen LogP contribution in [-0.4, -0.2) is 5.91 Å². The Labute approximate surface area is 97.9 Å². The van der Waals surface area contributed by atoms with Gasteiger partial charge >= 0.3 is 0 Å². The largest absolute Gasteiger partial charge is 0.325 e. The molecule has 0 atom stereocenters. The number of rotatable bonds is 1. The number of hydrogen-bond acceptors (Lipinski definition) is 1. The second-order valence-corrected chi connectivity index (χ2v) is 4.54. The zero-order valence-electron chi connectivity index (χ0n) is 6.70. The van der Waals surface area contributed by atoms with Gasteiger partial charge in [0.25, 0.3) is 0 Å². The summed E-state index contributed by atoms with van der Waals surface area (Å²) in [6.45, 7) is 1.45. The van der Waals surface area contributed by atoms with Crippen molar-refractivity contribution in [1.82, 2.24) is 0 Å². The molecular formula is C8H6Br2ClNO. The van der Waals surface area contributed by atoms with Crippen LogP contribution >= 0.6 is 43.5 Å². The molecule has 0 aromatic heterocycles. The molecule has 0 fully saturated rings. The van der Waals surface area contributed by atoms with Crippen LogP contribution in [0.2, 0.25) is 5.02 Å². The number of halogens is 3. The Kier molecular flexibility index (Phi) is 3.76. The van der Waals surface area contributed by atoms with Gasteiger partial charge in [0.05, 0.1) is 10.7 Å². The molecule has 0 saturated carbocycles. The zero-order valence-corrected chi connectivity index (χ0v) is 10.6. The summed E-state index contributed by atoms with van der Waals surface area (Å²) in [5.74, 6) is -0.126. The van der Waals surface area contributed by atoms with Gasteiger partial charge in [0.15, 0.2) is 0 Å². The van der Waals surface area contributed by atoms with E-state index in [9.17, 15) is 4.79 Å². The van der Waals surface area contributed by atoms with Gasteiger partial charge in [-0.15, -0.1) is 0 Å². The topological polar surface area (TPSA) is 29.1 Å². The van der Waals surface area contributed by atoms with E-state index in [4.69, 9.17) is 11.6 Å². The van der Waals surface area contributed by atoms with E-state index < -0.39 is 0 Å². The van der Waals surface area contributed by atoms with Crippen molar-refractivity contribution in [3.05, 3.63) is 26.1 Å². The lowest BCUT2D eigenvalue weighted by Crippen LogP contribution is -2.06. The Morgan fingerprint density at radius 3 is 2.54 bits per heavy atom. The summed E-state index contributed by atoms with van der Waals surface area (Å²) in [4.78, 5) is 10.8. The van der Waals surface area contributed by atoms with Crippen molar-refractivity contribution in [3.8, 4) is 0 Å². The maximum absolute atomic E-state index is 10.8. The number of nitrogens with one attached hydrogen (secondary N) is 1. The highest BCUT2D eigenvalue weighted by Gasteiger charge is 2.05. The van der Waals surface area contributed by atoms with Gasteiger partial charge in [0, 0.05) is 15.9 Å². The Morgan fingerprint density at radius 1 is 1.38 bits per heavy atom. The fourth-order valence-electron chi connectivity index (χ4n) is 0.808. The lowest BCUT2D eigenvalue weighted by atomic mass is 10.3. The van der Waals surface area contributed by atoms with Gasteiger partial charge in [-0.1, -0.05) is 11.6 Å². The molecule has 0 saturated heterocycles. The van der Waals surface area contributed by atoms with Crippen molar-refractivity contribution in [2.75, 3.05) is 5.32 Å². The third kappa shape index (κ3) is 2.97. The van der Waals surface area contributed by atoms with Crippen molar-refractivity contribution in [2.24, 2.45) is 0 Å². The molecule has 0 aliphatic rings. The van der Waals surface area contributed by atoms with E-state index in [1.165, 1.54) is 6.92 Å². The predicted molar refractivity (Wildman–Crippen MR) is 61.2 cm³/mol. The SMILES string of the molecule is CC(=O)Nc1cc(Cl)c(Br)cc1Br. The Hall–Kier alpha value is -0.0600. The number of carbonyl (C=O) groups excluding carboxylic acids is 1. The second kappa shape index (κ2) is 4.44. The molecule has 0 aliphatic carbocycles. The van der Waals surface area contributed by atoms with Gasteiger partial charge in [-0.2, -0.15) is 0 Å². The van der Waals surface area contributed by atoms with Crippen LogP contribution in [0.15, 0.2) is 21.1 Å². The molecule has 0 bridgehead atoms. The molecule has 2 nitrogen and oxygen atoms in total. The van der Waals surface area contributed by atoms with Gasteiger partial charge in [0.2, 0.25) is 5.91 Å². The van der Waals surface area contributed by atoms with Crippen LogP contribution in [0.3, 0.4) is 0 Å². The first-order chi connectivity index (χ1) is 6.00. The van der Waals surface area contributed by atoms with Crippen LogP contribution in [0.25, 0.3) is 0 Å². The Bertz CT molecular complexity index is 354. The smallest absolute Gasteiger partial charge is 0.221 e. The van der Waals surface area contributed by atoms with E-state index in [0.29, 0.717) is 10.7 Å². The number of amides is 1. The first-order valence-electron chi connectivity index (χ1n) is 3.43. The number of benzene rings is 1. The minimum Gasteiger partial charge on any atom is -0.325 e. The number of carbonyl (C=O) groups is 1. The highest BCUT2D eigenvalue weighted by atomic mass is 79.9. The lowest BCUT2D eigenvalue weighted by molar-refractivity contribution is -0.114. The van der Waals surface area contributed by atoms with E-state index in [-0.39, 0.29) is 5.91 Å². The summed E-state index contributed by atoms with van der Waals surface area (Å²) >= 11 is 12.4. The van der Waals surface area contributed by atoms with Crippen LogP contribution in [0.1, 0.15) is 6.92 Å². The predicted octanol–water partition coefficient (Wildman–Crippen LogP) is 3.82. The molecule has 1 rings (SSSR count). The zero-order chi connectivity index (χ0) is 10.0. The van der Waals surface area contributed by atoms with Gasteiger partial charge < -0.3 is 5.32 Å². The molecule has 0 radical (unpaired) electrons. The van der Waals surface area contributed by atoms with E-state index >= 15 is 0 Å². The van der Waals surface area contributed by atoms with E-state index in [1.807, 2.05) is 0 Å². The molecule has 70 valence electrons. The fraction of sp³-hybridized carbons (Fsp3) is 0.125. The van der Waals surface area contributed by atoms with Gasteiger partial charge in [0.1, 0.15) is 0 Å². The average Bonchev–Trinajstić information content (AvgIpc) is 1.99. The van der Waals surface area contributed by atoms with Crippen LogP contribution in [0.5, 0.6) is 0 Å². The van der Waals surface area contributed by atoms with Gasteiger partial charge in [-0.25, -0.2) is 0 Å². The normalized spacial score (nSPS) is 9.85. The van der Waals surface area contributed by atoms with Crippen molar-refractivity contribution in [1.29, 1.82) is 0 Å². The molecule has 1 amide bonds. The summed E-state index contributed by atoms with van der Waals surface area (Å²) < 4.78 is 1.58. The summed E-state index contributed by atoms with van der Waals surface area (Å²) in [6.07, 6.45) is 0. The van der Waals surface area contributed by atoms with E-state index in [0.717, 1.165) is 8.95 Å². The first-order valence-corrected chi connectivity index (χ1v) is 5.39. The molecule has 1 aromatic rings. The maximum atomic E-state index is 10.8.